The molecule has 0 saturated carbocycles. The number of halogens is 3. The molecule has 1 fully saturated rings. The third-order valence-electron chi connectivity index (χ3n) is 4.91. The summed E-state index contributed by atoms with van der Waals surface area (Å²) < 4.78 is 50.9. The van der Waals surface area contributed by atoms with E-state index in [-0.39, 0.29) is 5.69 Å². The Bertz CT molecular complexity index is 1070. The van der Waals surface area contributed by atoms with E-state index in [0.717, 1.165) is 17.0 Å². The van der Waals surface area contributed by atoms with E-state index >= 15 is 0 Å². The van der Waals surface area contributed by atoms with Gasteiger partial charge < -0.3 is 24.8 Å². The fourth-order valence-corrected chi connectivity index (χ4v) is 3.27. The molecule has 0 spiro atoms. The van der Waals surface area contributed by atoms with Crippen LogP contribution in [-0.4, -0.2) is 49.9 Å². The number of nitrogens with one attached hydrogen (secondary N) is 2. The average molecular weight is 467 g/mol. The number of hydrogen-bond acceptors (Lipinski definition) is 6. The number of hydrogen-bond donors (Lipinski definition) is 2. The van der Waals surface area contributed by atoms with Gasteiger partial charge in [0.2, 0.25) is 5.91 Å². The molecule has 33 heavy (non-hydrogen) atoms. The van der Waals surface area contributed by atoms with E-state index in [1.165, 1.54) is 33.3 Å². The molecule has 0 bridgehead atoms. The predicted molar refractivity (Wildman–Crippen MR) is 109 cm³/mol. The first-order chi connectivity index (χ1) is 15.5. The number of nitrogens with zero attached hydrogens (tertiary/aromatic N) is 1. The van der Waals surface area contributed by atoms with Crippen molar-refractivity contribution in [3.05, 3.63) is 48.0 Å². The van der Waals surface area contributed by atoms with Gasteiger partial charge in [-0.05, 0) is 48.9 Å². The van der Waals surface area contributed by atoms with E-state index < -0.39 is 42.0 Å². The molecule has 1 atom stereocenters. The van der Waals surface area contributed by atoms with E-state index in [0.29, 0.717) is 17.1 Å². The summed E-state index contributed by atoms with van der Waals surface area (Å²) in [4.78, 5) is 38.6. The second-order valence-corrected chi connectivity index (χ2v) is 7.14. The molecule has 3 rings (SSSR count). The number of benzene rings is 2. The minimum Gasteiger partial charge on any atom is -0.493 e. The Morgan fingerprint density at radius 2 is 1.70 bits per heavy atom. The number of alkyl halides is 3. The molecule has 0 aliphatic carbocycles. The first-order valence-electron chi connectivity index (χ1n) is 9.49. The van der Waals surface area contributed by atoms with Crippen molar-refractivity contribution in [2.45, 2.75) is 18.8 Å². The maximum atomic E-state index is 13.0. The van der Waals surface area contributed by atoms with Crippen LogP contribution in [0.4, 0.5) is 23.7 Å². The van der Waals surface area contributed by atoms with Crippen LogP contribution in [0.1, 0.15) is 12.5 Å². The highest BCUT2D eigenvalue weighted by atomic mass is 19.4. The highest BCUT2D eigenvalue weighted by Gasteiger charge is 2.49. The summed E-state index contributed by atoms with van der Waals surface area (Å²) in [6.07, 6.45) is -4.84. The fourth-order valence-electron chi connectivity index (χ4n) is 3.27. The van der Waals surface area contributed by atoms with Gasteiger partial charge in [-0.25, -0.2) is 4.79 Å². The number of carbonyl (C=O) groups is 3. The Kier molecular flexibility index (Phi) is 6.38. The van der Waals surface area contributed by atoms with Crippen molar-refractivity contribution in [2.24, 2.45) is 0 Å². The van der Waals surface area contributed by atoms with E-state index in [1.807, 2.05) is 0 Å². The zero-order chi connectivity index (χ0) is 24.4. The predicted octanol–water partition coefficient (Wildman–Crippen LogP) is 3.01. The van der Waals surface area contributed by atoms with Gasteiger partial charge in [-0.3, -0.25) is 14.5 Å². The lowest BCUT2D eigenvalue weighted by Crippen LogP contribution is -2.42. The number of amides is 4. The van der Waals surface area contributed by atoms with Crippen LogP contribution < -0.4 is 24.8 Å². The van der Waals surface area contributed by atoms with Crippen molar-refractivity contribution >= 4 is 23.5 Å². The Labute approximate surface area is 186 Å². The van der Waals surface area contributed by atoms with Crippen LogP contribution in [0.5, 0.6) is 17.2 Å². The molecule has 1 heterocycles. The molecule has 0 aromatic heterocycles. The summed E-state index contributed by atoms with van der Waals surface area (Å²) in [5, 5.41) is 4.99. The van der Waals surface area contributed by atoms with Gasteiger partial charge in [-0.2, -0.15) is 0 Å². The quantitative estimate of drug-likeness (QED) is 0.607. The number of methoxy groups -OCH3 is 2. The van der Waals surface area contributed by atoms with Gasteiger partial charge >= 0.3 is 12.4 Å². The van der Waals surface area contributed by atoms with E-state index in [1.54, 1.807) is 18.2 Å². The molecule has 1 aliphatic rings. The molecule has 0 radical (unpaired) electrons. The zero-order valence-corrected chi connectivity index (χ0v) is 17.8. The fraction of sp³-hybridized carbons (Fsp3) is 0.286. The van der Waals surface area contributed by atoms with Crippen molar-refractivity contribution in [3.63, 3.8) is 0 Å². The highest BCUT2D eigenvalue weighted by molar-refractivity contribution is 6.10. The van der Waals surface area contributed by atoms with Gasteiger partial charge in [0.15, 0.2) is 11.5 Å². The smallest absolute Gasteiger partial charge is 0.493 e. The Morgan fingerprint density at radius 3 is 2.27 bits per heavy atom. The van der Waals surface area contributed by atoms with E-state index in [4.69, 9.17) is 9.47 Å². The standard InChI is InChI=1S/C21H20F3N3O6/c1-20(12-4-9-15(31-2)16(10-12)32-3)18(29)27(19(30)26-20)11-17(28)25-13-5-7-14(8-6-13)33-21(22,23)24/h4-10H,11H2,1-3H3,(H,25,28)(H,26,30). The number of imide groups is 1. The SMILES string of the molecule is COc1ccc(C2(C)NC(=O)N(CC(=O)Nc3ccc(OC(F)(F)F)cc3)C2=O)cc1OC. The normalized spacial score (nSPS) is 18.1. The molecular formula is C21H20F3N3O6. The lowest BCUT2D eigenvalue weighted by molar-refractivity contribution is -0.274. The van der Waals surface area contributed by atoms with Gasteiger partial charge in [0.25, 0.3) is 5.91 Å². The molecule has 12 heteroatoms. The van der Waals surface area contributed by atoms with Crippen molar-refractivity contribution in [1.82, 2.24) is 10.2 Å². The van der Waals surface area contributed by atoms with Crippen LogP contribution in [0, 0.1) is 0 Å². The minimum absolute atomic E-state index is 0.157. The monoisotopic (exact) mass is 467 g/mol. The maximum absolute atomic E-state index is 13.0. The highest BCUT2D eigenvalue weighted by Crippen LogP contribution is 2.35. The van der Waals surface area contributed by atoms with E-state index in [2.05, 4.69) is 15.4 Å². The van der Waals surface area contributed by atoms with Gasteiger partial charge in [0, 0.05) is 5.69 Å². The zero-order valence-electron chi connectivity index (χ0n) is 17.8. The molecule has 2 aromatic rings. The van der Waals surface area contributed by atoms with Crippen LogP contribution >= 0.6 is 0 Å². The van der Waals surface area contributed by atoms with Crippen molar-refractivity contribution in [2.75, 3.05) is 26.1 Å². The summed E-state index contributed by atoms with van der Waals surface area (Å²) in [6, 6.07) is 8.37. The van der Waals surface area contributed by atoms with Crippen LogP contribution in [-0.2, 0) is 15.1 Å². The van der Waals surface area contributed by atoms with Crippen LogP contribution in [0.25, 0.3) is 0 Å². The third kappa shape index (κ3) is 5.10. The van der Waals surface area contributed by atoms with Crippen molar-refractivity contribution in [3.8, 4) is 17.2 Å². The maximum Gasteiger partial charge on any atom is 0.573 e. The molecule has 4 amide bonds. The Balaban J connectivity index is 1.70. The van der Waals surface area contributed by atoms with Crippen molar-refractivity contribution < 1.29 is 41.8 Å². The molecule has 2 aromatic carbocycles. The number of rotatable bonds is 7. The summed E-state index contributed by atoms with van der Waals surface area (Å²) in [6.45, 7) is 0.889. The minimum atomic E-state index is -4.84. The molecule has 9 nitrogen and oxygen atoms in total. The summed E-state index contributed by atoms with van der Waals surface area (Å²) >= 11 is 0. The molecule has 2 N–H and O–H groups in total. The number of urea groups is 1. The van der Waals surface area contributed by atoms with Crippen LogP contribution in [0.3, 0.4) is 0 Å². The molecule has 176 valence electrons. The van der Waals surface area contributed by atoms with Crippen LogP contribution in [0.15, 0.2) is 42.5 Å². The first-order valence-corrected chi connectivity index (χ1v) is 9.49. The summed E-state index contributed by atoms with van der Waals surface area (Å²) in [5.74, 6) is -1.06. The van der Waals surface area contributed by atoms with Gasteiger partial charge in [0.1, 0.15) is 17.8 Å². The Morgan fingerprint density at radius 1 is 1.06 bits per heavy atom. The molecule has 1 aliphatic heterocycles. The lowest BCUT2D eigenvalue weighted by Gasteiger charge is -2.23. The molecule has 1 saturated heterocycles. The number of anilines is 1. The number of ether oxygens (including phenoxy) is 3. The molecular weight excluding hydrogens is 447 g/mol. The van der Waals surface area contributed by atoms with Crippen LogP contribution in [0.2, 0.25) is 0 Å². The largest absolute Gasteiger partial charge is 0.573 e. The summed E-state index contributed by atoms with van der Waals surface area (Å²) in [7, 11) is 2.89. The second kappa shape index (κ2) is 8.88. The van der Waals surface area contributed by atoms with Gasteiger partial charge in [-0.1, -0.05) is 6.07 Å². The van der Waals surface area contributed by atoms with Gasteiger partial charge in [0.05, 0.1) is 14.2 Å². The lowest BCUT2D eigenvalue weighted by atomic mass is 9.91. The Hall–Kier alpha value is -3.96. The van der Waals surface area contributed by atoms with Gasteiger partial charge in [-0.15, -0.1) is 13.2 Å². The van der Waals surface area contributed by atoms with Crippen molar-refractivity contribution in [1.29, 1.82) is 0 Å². The van der Waals surface area contributed by atoms with E-state index in [9.17, 15) is 27.6 Å². The summed E-state index contributed by atoms with van der Waals surface area (Å²) in [5.41, 5.74) is -0.876. The number of carbonyl (C=O) groups excluding carboxylic acids is 3. The third-order valence-corrected chi connectivity index (χ3v) is 4.91. The molecule has 1 unspecified atom stereocenters. The first kappa shape index (κ1) is 23.7. The average Bonchev–Trinajstić information content (AvgIpc) is 2.97. The second-order valence-electron chi connectivity index (χ2n) is 7.14. The topological polar surface area (TPSA) is 106 Å².